The number of nitrogens with one attached hydrogen (secondary N) is 1. The summed E-state index contributed by atoms with van der Waals surface area (Å²) in [4.78, 5) is 27.5. The van der Waals surface area contributed by atoms with Crippen LogP contribution in [-0.2, 0) is 11.2 Å². The lowest BCUT2D eigenvalue weighted by atomic mass is 10.1. The summed E-state index contributed by atoms with van der Waals surface area (Å²) in [6, 6.07) is 12.5. The van der Waals surface area contributed by atoms with E-state index in [-0.39, 0.29) is 36.1 Å². The summed E-state index contributed by atoms with van der Waals surface area (Å²) in [6.45, 7) is 0.826. The van der Waals surface area contributed by atoms with Gasteiger partial charge in [0, 0.05) is 18.3 Å². The highest BCUT2D eigenvalue weighted by atomic mass is 32.1. The second-order valence-corrected chi connectivity index (χ2v) is 8.75. The number of methoxy groups -OCH3 is 1. The van der Waals surface area contributed by atoms with Gasteiger partial charge in [-0.25, -0.2) is 0 Å². The predicted molar refractivity (Wildman–Crippen MR) is 121 cm³/mol. The minimum Gasteiger partial charge on any atom is -0.497 e. The number of rotatable bonds is 6. The molecule has 5 rings (SSSR count). The number of benzene rings is 2. The number of nitrogens with zero attached hydrogens (tertiary/aromatic N) is 3. The fourth-order valence-corrected chi connectivity index (χ4v) is 4.89. The van der Waals surface area contributed by atoms with Crippen LogP contribution in [0.5, 0.6) is 17.2 Å². The van der Waals surface area contributed by atoms with Gasteiger partial charge in [0.15, 0.2) is 11.5 Å². The van der Waals surface area contributed by atoms with Crippen molar-refractivity contribution >= 4 is 28.8 Å². The van der Waals surface area contributed by atoms with Gasteiger partial charge >= 0.3 is 0 Å². The lowest BCUT2D eigenvalue weighted by molar-refractivity contribution is -0.131. The van der Waals surface area contributed by atoms with Gasteiger partial charge in [0.05, 0.1) is 19.6 Å². The first kappa shape index (κ1) is 21.2. The average molecular weight is 467 g/mol. The Morgan fingerprint density at radius 1 is 1.18 bits per heavy atom. The number of carbonyl (C=O) groups is 2. The van der Waals surface area contributed by atoms with E-state index >= 15 is 0 Å². The zero-order valence-corrected chi connectivity index (χ0v) is 18.8. The van der Waals surface area contributed by atoms with Crippen LogP contribution in [0.3, 0.4) is 0 Å². The van der Waals surface area contributed by atoms with Crippen LogP contribution in [-0.4, -0.2) is 47.4 Å². The van der Waals surface area contributed by atoms with Crippen molar-refractivity contribution < 1.29 is 23.8 Å². The van der Waals surface area contributed by atoms with E-state index in [1.54, 1.807) is 25.3 Å². The zero-order valence-electron chi connectivity index (χ0n) is 17.9. The molecule has 0 radical (unpaired) electrons. The van der Waals surface area contributed by atoms with E-state index in [2.05, 4.69) is 15.5 Å². The molecule has 1 N–H and O–H groups in total. The van der Waals surface area contributed by atoms with Crippen LogP contribution < -0.4 is 19.5 Å². The average Bonchev–Trinajstić information content (AvgIpc) is 3.58. The fraction of sp³-hybridized carbons (Fsp3) is 0.304. The van der Waals surface area contributed by atoms with Gasteiger partial charge in [-0.1, -0.05) is 23.5 Å². The number of anilines is 1. The summed E-state index contributed by atoms with van der Waals surface area (Å²) in [5.74, 6) is 1.62. The van der Waals surface area contributed by atoms with E-state index in [4.69, 9.17) is 14.2 Å². The van der Waals surface area contributed by atoms with E-state index in [0.29, 0.717) is 28.7 Å². The van der Waals surface area contributed by atoms with Crippen molar-refractivity contribution in [2.24, 2.45) is 0 Å². The third kappa shape index (κ3) is 4.47. The molecule has 2 aliphatic rings. The Kier molecular flexibility index (Phi) is 5.82. The molecule has 0 bridgehead atoms. The maximum Gasteiger partial charge on any atom is 0.286 e. The summed E-state index contributed by atoms with van der Waals surface area (Å²) in [5, 5.41) is 12.0. The Morgan fingerprint density at radius 3 is 2.94 bits per heavy atom. The molecule has 2 amide bonds. The third-order valence-corrected chi connectivity index (χ3v) is 6.64. The van der Waals surface area contributed by atoms with Crippen molar-refractivity contribution in [3.63, 3.8) is 0 Å². The number of carbonyl (C=O) groups excluding carboxylic acids is 2. The molecule has 33 heavy (non-hydrogen) atoms. The van der Waals surface area contributed by atoms with Gasteiger partial charge in [0.1, 0.15) is 10.8 Å². The third-order valence-electron chi connectivity index (χ3n) is 5.61. The van der Waals surface area contributed by atoms with E-state index in [1.807, 2.05) is 29.2 Å². The number of likely N-dealkylation sites (tertiary alicyclic amines) is 1. The van der Waals surface area contributed by atoms with Crippen molar-refractivity contribution in [1.29, 1.82) is 0 Å². The van der Waals surface area contributed by atoms with Gasteiger partial charge < -0.3 is 24.4 Å². The monoisotopic (exact) mass is 466 g/mol. The Balaban J connectivity index is 1.26. The quantitative estimate of drug-likeness (QED) is 0.594. The molecule has 3 heterocycles. The first-order chi connectivity index (χ1) is 16.1. The van der Waals surface area contributed by atoms with Crippen LogP contribution >= 0.6 is 11.3 Å². The van der Waals surface area contributed by atoms with E-state index < -0.39 is 0 Å². The molecule has 2 aliphatic heterocycles. The Morgan fingerprint density at radius 2 is 2.06 bits per heavy atom. The van der Waals surface area contributed by atoms with Crippen molar-refractivity contribution in [3.05, 3.63) is 58.0 Å². The molecule has 1 atom stereocenters. The standard InChI is InChI=1S/C23H22N4O5S/c1-30-16-5-2-4-14(10-16)11-20(28)27-9-3-6-17(27)22-25-26-23(33-22)21(29)24-15-7-8-18-19(12-15)32-13-31-18/h2,4-5,7-8,10,12,17H,3,6,9,11,13H2,1H3,(H,24,29)/t17-/m0/s1. The van der Waals surface area contributed by atoms with Crippen LogP contribution in [0.25, 0.3) is 0 Å². The minimum atomic E-state index is -0.357. The molecule has 0 aliphatic carbocycles. The highest BCUT2D eigenvalue weighted by molar-refractivity contribution is 7.13. The predicted octanol–water partition coefficient (Wildman–Crippen LogP) is 3.43. The van der Waals surface area contributed by atoms with E-state index in [1.165, 1.54) is 11.3 Å². The maximum absolute atomic E-state index is 13.0. The van der Waals surface area contributed by atoms with Gasteiger partial charge in [0.25, 0.3) is 5.91 Å². The number of hydrogen-bond donors (Lipinski definition) is 1. The van der Waals surface area contributed by atoms with Gasteiger partial charge in [-0.15, -0.1) is 10.2 Å². The van der Waals surface area contributed by atoms with Crippen LogP contribution in [0.4, 0.5) is 5.69 Å². The van der Waals surface area contributed by atoms with Crippen molar-refractivity contribution in [2.75, 3.05) is 25.8 Å². The SMILES string of the molecule is COc1cccc(CC(=O)N2CCC[C@H]2c2nnc(C(=O)Nc3ccc4c(c3)OCO4)s2)c1. The summed E-state index contributed by atoms with van der Waals surface area (Å²) in [5.41, 5.74) is 1.48. The molecule has 10 heteroatoms. The van der Waals surface area contributed by atoms with E-state index in [9.17, 15) is 9.59 Å². The molecular formula is C23H22N4O5S. The summed E-state index contributed by atoms with van der Waals surface area (Å²) in [7, 11) is 1.60. The van der Waals surface area contributed by atoms with Gasteiger partial charge in [-0.05, 0) is 42.7 Å². The highest BCUT2D eigenvalue weighted by Gasteiger charge is 2.33. The molecule has 9 nitrogen and oxygen atoms in total. The topological polar surface area (TPSA) is 103 Å². The molecular weight excluding hydrogens is 444 g/mol. The number of hydrogen-bond acceptors (Lipinski definition) is 8. The second-order valence-electron chi connectivity index (χ2n) is 7.74. The summed E-state index contributed by atoms with van der Waals surface area (Å²) < 4.78 is 15.9. The summed E-state index contributed by atoms with van der Waals surface area (Å²) in [6.07, 6.45) is 1.96. The number of ether oxygens (including phenoxy) is 3. The molecule has 0 saturated carbocycles. The zero-order chi connectivity index (χ0) is 22.8. The number of aromatic nitrogens is 2. The van der Waals surface area contributed by atoms with E-state index in [0.717, 1.165) is 24.2 Å². The smallest absolute Gasteiger partial charge is 0.286 e. The Bertz CT molecular complexity index is 1200. The summed E-state index contributed by atoms with van der Waals surface area (Å²) >= 11 is 1.21. The molecule has 170 valence electrons. The number of fused-ring (bicyclic) bond motifs is 1. The lowest BCUT2D eigenvalue weighted by Gasteiger charge is -2.22. The van der Waals surface area contributed by atoms with Crippen LogP contribution in [0.15, 0.2) is 42.5 Å². The molecule has 1 fully saturated rings. The van der Waals surface area contributed by atoms with Gasteiger partial charge in [-0.2, -0.15) is 0 Å². The fourth-order valence-electron chi connectivity index (χ4n) is 4.00. The largest absolute Gasteiger partial charge is 0.497 e. The van der Waals surface area contributed by atoms with Crippen LogP contribution in [0, 0.1) is 0 Å². The number of amides is 2. The highest BCUT2D eigenvalue weighted by Crippen LogP contribution is 2.36. The van der Waals surface area contributed by atoms with Gasteiger partial charge in [-0.3, -0.25) is 9.59 Å². The Labute approximate surface area is 194 Å². The van der Waals surface area contributed by atoms with Crippen molar-refractivity contribution in [2.45, 2.75) is 25.3 Å². The molecule has 0 spiro atoms. The molecule has 2 aromatic carbocycles. The lowest BCUT2D eigenvalue weighted by Crippen LogP contribution is -2.31. The minimum absolute atomic E-state index is 0.0207. The maximum atomic E-state index is 13.0. The van der Waals surface area contributed by atoms with Crippen molar-refractivity contribution in [1.82, 2.24) is 15.1 Å². The van der Waals surface area contributed by atoms with Crippen molar-refractivity contribution in [3.8, 4) is 17.2 Å². The van der Waals surface area contributed by atoms with Gasteiger partial charge in [0.2, 0.25) is 17.7 Å². The Hall–Kier alpha value is -3.66. The normalized spacial score (nSPS) is 16.6. The molecule has 1 aromatic heterocycles. The van der Waals surface area contributed by atoms with Crippen LogP contribution in [0.2, 0.25) is 0 Å². The molecule has 3 aromatic rings. The van der Waals surface area contributed by atoms with Crippen LogP contribution in [0.1, 0.15) is 39.3 Å². The second kappa shape index (κ2) is 9.07. The first-order valence-electron chi connectivity index (χ1n) is 10.6. The molecule has 0 unspecified atom stereocenters. The molecule has 1 saturated heterocycles. The first-order valence-corrected chi connectivity index (χ1v) is 11.4.